The van der Waals surface area contributed by atoms with Gasteiger partial charge in [-0.1, -0.05) is 41.6 Å². The van der Waals surface area contributed by atoms with Crippen molar-refractivity contribution in [3.05, 3.63) is 71.8 Å². The highest BCUT2D eigenvalue weighted by Gasteiger charge is 2.42. The van der Waals surface area contributed by atoms with Crippen LogP contribution in [-0.4, -0.2) is 58.9 Å². The molecule has 3 aromatic carbocycles. The standard InChI is InChI=1S/C25H24ClF3N4O3S2/c1-32-13-18(31-38(30,35)16-11-9-15(10-12-16)36-25(27,28)29)24(34)20(14-32)33-19-6-2-3-7-21(19)37-22-8-4-5-17(26)23(22)33/h2-12,18,20,24,34H,13-14H2,1H3,(H2,30,31,35). The van der Waals surface area contributed by atoms with E-state index >= 15 is 0 Å². The zero-order valence-electron chi connectivity index (χ0n) is 20.0. The Bertz CT molecular complexity index is 1440. The molecule has 0 aromatic heterocycles. The second kappa shape index (κ2) is 10.2. The first-order valence-corrected chi connectivity index (χ1v) is 14.3. The van der Waals surface area contributed by atoms with Crippen LogP contribution in [0.5, 0.6) is 5.75 Å². The number of hydrogen-bond acceptors (Lipinski definition) is 7. The van der Waals surface area contributed by atoms with E-state index in [4.69, 9.17) is 16.4 Å². The van der Waals surface area contributed by atoms with E-state index in [-0.39, 0.29) is 4.90 Å². The molecule has 1 fully saturated rings. The van der Waals surface area contributed by atoms with Gasteiger partial charge >= 0.3 is 6.36 Å². The number of alkyl halides is 3. The van der Waals surface area contributed by atoms with Gasteiger partial charge in [-0.15, -0.1) is 13.2 Å². The van der Waals surface area contributed by atoms with E-state index in [0.717, 1.165) is 45.4 Å². The monoisotopic (exact) mass is 584 g/mol. The SMILES string of the molecule is CN1CC(NS(=N)(=O)c2ccc(OC(F)(F)F)cc2)C(O)C(N2c3ccccc3Sc3cccc(Cl)c32)C1. The fourth-order valence-corrected chi connectivity index (χ4v) is 7.53. The molecule has 3 aromatic rings. The van der Waals surface area contributed by atoms with Crippen molar-refractivity contribution >= 4 is 44.7 Å². The lowest BCUT2D eigenvalue weighted by molar-refractivity contribution is -0.274. The predicted octanol–water partition coefficient (Wildman–Crippen LogP) is 5.50. The van der Waals surface area contributed by atoms with Gasteiger partial charge in [0.15, 0.2) is 0 Å². The van der Waals surface area contributed by atoms with Crippen LogP contribution in [-0.2, 0) is 9.92 Å². The summed E-state index contributed by atoms with van der Waals surface area (Å²) in [6, 6.07) is 16.4. The normalized spacial score (nSPS) is 23.3. The molecule has 2 aliphatic rings. The van der Waals surface area contributed by atoms with E-state index in [1.54, 1.807) is 17.8 Å². The zero-order chi connectivity index (χ0) is 27.2. The molecule has 0 radical (unpaired) electrons. The third-order valence-electron chi connectivity index (χ3n) is 6.39. The number of aliphatic hydroxyl groups excluding tert-OH is 1. The number of hydrogen-bond donors (Lipinski definition) is 3. The van der Waals surface area contributed by atoms with Gasteiger partial charge in [-0.25, -0.2) is 13.7 Å². The molecule has 13 heteroatoms. The van der Waals surface area contributed by atoms with Gasteiger partial charge in [-0.2, -0.15) is 0 Å². The first-order chi connectivity index (χ1) is 17.9. The van der Waals surface area contributed by atoms with Crippen molar-refractivity contribution in [2.75, 3.05) is 25.0 Å². The van der Waals surface area contributed by atoms with Crippen LogP contribution < -0.4 is 14.4 Å². The molecule has 0 saturated carbocycles. The van der Waals surface area contributed by atoms with Crippen LogP contribution in [0.4, 0.5) is 24.5 Å². The Kier molecular flexibility index (Phi) is 7.31. The number of likely N-dealkylation sites (N-methyl/N-ethyl adjacent to an activating group) is 1. The topological polar surface area (TPSA) is 88.9 Å². The summed E-state index contributed by atoms with van der Waals surface area (Å²) in [5.74, 6) is -0.480. The molecule has 0 amide bonds. The lowest BCUT2D eigenvalue weighted by Crippen LogP contribution is -2.64. The molecule has 7 nitrogen and oxygen atoms in total. The molecule has 202 valence electrons. The second-order valence-electron chi connectivity index (χ2n) is 9.11. The van der Waals surface area contributed by atoms with Gasteiger partial charge in [-0.05, 0) is 55.6 Å². The highest BCUT2D eigenvalue weighted by Crippen LogP contribution is 2.52. The van der Waals surface area contributed by atoms with Crippen LogP contribution in [0.1, 0.15) is 0 Å². The Balaban J connectivity index is 1.44. The van der Waals surface area contributed by atoms with Crippen molar-refractivity contribution in [3.8, 4) is 5.75 Å². The molecule has 38 heavy (non-hydrogen) atoms. The molecular weight excluding hydrogens is 561 g/mol. The number of para-hydroxylation sites is 2. The lowest BCUT2D eigenvalue weighted by Gasteiger charge is -2.48. The molecule has 0 bridgehead atoms. The fourth-order valence-electron chi connectivity index (χ4n) is 4.81. The van der Waals surface area contributed by atoms with Crippen LogP contribution in [0.3, 0.4) is 0 Å². The summed E-state index contributed by atoms with van der Waals surface area (Å²) in [4.78, 5) is 5.88. The minimum atomic E-state index is -4.86. The molecule has 0 spiro atoms. The third kappa shape index (κ3) is 5.47. The minimum absolute atomic E-state index is 0.0305. The Hall–Kier alpha value is -2.48. The molecule has 2 aliphatic heterocycles. The molecule has 2 heterocycles. The maximum absolute atomic E-state index is 13.4. The number of likely N-dealkylation sites (tertiary alicyclic amines) is 1. The summed E-state index contributed by atoms with van der Waals surface area (Å²) in [6.45, 7) is 0.758. The van der Waals surface area contributed by atoms with Gasteiger partial charge in [0.1, 0.15) is 15.7 Å². The van der Waals surface area contributed by atoms with Gasteiger partial charge < -0.3 is 19.6 Å². The number of nitrogens with zero attached hydrogens (tertiary/aromatic N) is 2. The maximum Gasteiger partial charge on any atom is 0.573 e. The van der Waals surface area contributed by atoms with Crippen molar-refractivity contribution < 1.29 is 27.2 Å². The second-order valence-corrected chi connectivity index (χ2v) is 12.4. The summed E-state index contributed by atoms with van der Waals surface area (Å²) >= 11 is 8.25. The smallest absolute Gasteiger partial charge is 0.406 e. The number of ether oxygens (including phenoxy) is 1. The summed E-state index contributed by atoms with van der Waals surface area (Å²) < 4.78 is 65.9. The number of fused-ring (bicyclic) bond motifs is 2. The maximum atomic E-state index is 13.4. The molecule has 5 rings (SSSR count). The average Bonchev–Trinajstić information content (AvgIpc) is 2.84. The van der Waals surface area contributed by atoms with Crippen molar-refractivity contribution in [2.45, 2.75) is 39.2 Å². The minimum Gasteiger partial charge on any atom is -0.406 e. The van der Waals surface area contributed by atoms with Crippen LogP contribution in [0.2, 0.25) is 5.02 Å². The van der Waals surface area contributed by atoms with Gasteiger partial charge in [0.25, 0.3) is 0 Å². The van der Waals surface area contributed by atoms with E-state index in [1.165, 1.54) is 0 Å². The number of benzene rings is 3. The van der Waals surface area contributed by atoms with Crippen molar-refractivity contribution in [2.24, 2.45) is 0 Å². The molecule has 4 atom stereocenters. The first-order valence-electron chi connectivity index (χ1n) is 11.6. The van der Waals surface area contributed by atoms with Crippen LogP contribution in [0.15, 0.2) is 81.4 Å². The molecule has 1 saturated heterocycles. The third-order valence-corrected chi connectivity index (χ3v) is 9.38. The summed E-state index contributed by atoms with van der Waals surface area (Å²) in [5.41, 5.74) is 1.64. The molecule has 0 aliphatic carbocycles. The van der Waals surface area contributed by atoms with Gasteiger partial charge in [0.05, 0.1) is 39.5 Å². The van der Waals surface area contributed by atoms with E-state index in [1.807, 2.05) is 53.2 Å². The Morgan fingerprint density at radius 2 is 1.76 bits per heavy atom. The highest BCUT2D eigenvalue weighted by atomic mass is 35.5. The van der Waals surface area contributed by atoms with E-state index in [0.29, 0.717) is 18.1 Å². The number of rotatable bonds is 5. The zero-order valence-corrected chi connectivity index (χ0v) is 22.4. The van der Waals surface area contributed by atoms with Gasteiger partial charge in [-0.3, -0.25) is 0 Å². The number of anilines is 2. The molecule has 3 N–H and O–H groups in total. The summed E-state index contributed by atoms with van der Waals surface area (Å²) in [6.07, 6.45) is -5.92. The van der Waals surface area contributed by atoms with Crippen LogP contribution in [0.25, 0.3) is 0 Å². The quantitative estimate of drug-likeness (QED) is 0.367. The van der Waals surface area contributed by atoms with Crippen molar-refractivity contribution in [1.29, 1.82) is 4.78 Å². The molecule has 4 unspecified atom stereocenters. The number of halogens is 4. The van der Waals surface area contributed by atoms with E-state index < -0.39 is 40.2 Å². The first kappa shape index (κ1) is 27.1. The number of piperidine rings is 1. The highest BCUT2D eigenvalue weighted by molar-refractivity contribution is 7.99. The lowest BCUT2D eigenvalue weighted by atomic mass is 9.95. The van der Waals surface area contributed by atoms with E-state index in [9.17, 15) is 22.5 Å². The predicted molar refractivity (Wildman–Crippen MR) is 141 cm³/mol. The molecular formula is C25H24ClF3N4O3S2. The Morgan fingerprint density at radius 3 is 2.47 bits per heavy atom. The average molecular weight is 585 g/mol. The Labute approximate surface area is 227 Å². The van der Waals surface area contributed by atoms with Crippen molar-refractivity contribution in [3.63, 3.8) is 0 Å². The fraction of sp³-hybridized carbons (Fsp3) is 0.280. The number of nitrogens with one attached hydrogen (secondary N) is 2. The van der Waals surface area contributed by atoms with E-state index in [2.05, 4.69) is 9.46 Å². The largest absolute Gasteiger partial charge is 0.573 e. The Morgan fingerprint density at radius 1 is 1.08 bits per heavy atom. The van der Waals surface area contributed by atoms with Gasteiger partial charge in [0.2, 0.25) is 0 Å². The van der Waals surface area contributed by atoms with Crippen LogP contribution in [0, 0.1) is 4.78 Å². The summed E-state index contributed by atoms with van der Waals surface area (Å²) in [7, 11) is -1.82. The van der Waals surface area contributed by atoms with Gasteiger partial charge in [0, 0.05) is 22.9 Å². The number of aliphatic hydroxyl groups is 1. The van der Waals surface area contributed by atoms with Crippen LogP contribution >= 0.6 is 23.4 Å². The van der Waals surface area contributed by atoms with Crippen molar-refractivity contribution in [1.82, 2.24) is 9.62 Å². The summed E-state index contributed by atoms with van der Waals surface area (Å²) in [5, 5.41) is 12.1.